The Morgan fingerprint density at radius 3 is 2.57 bits per heavy atom. The molecule has 4 heteroatoms. The highest BCUT2D eigenvalue weighted by Crippen LogP contribution is 2.46. The van der Waals surface area contributed by atoms with Gasteiger partial charge in [0.2, 0.25) is 0 Å². The van der Waals surface area contributed by atoms with Gasteiger partial charge in [-0.15, -0.1) is 0 Å². The second kappa shape index (κ2) is 5.06. The fourth-order valence-electron chi connectivity index (χ4n) is 3.26. The molecule has 0 radical (unpaired) electrons. The first-order valence-corrected chi connectivity index (χ1v) is 7.79. The van der Waals surface area contributed by atoms with Crippen LogP contribution in [0.15, 0.2) is 30.3 Å². The lowest BCUT2D eigenvalue weighted by Crippen LogP contribution is -2.37. The van der Waals surface area contributed by atoms with Crippen LogP contribution in [0.2, 0.25) is 0 Å². The van der Waals surface area contributed by atoms with Gasteiger partial charge in [-0.3, -0.25) is 0 Å². The minimum atomic E-state index is -0.585. The summed E-state index contributed by atoms with van der Waals surface area (Å²) in [5, 5.41) is 0. The molecule has 21 heavy (non-hydrogen) atoms. The molecule has 4 rings (SSSR count). The van der Waals surface area contributed by atoms with Crippen molar-refractivity contribution in [1.82, 2.24) is 0 Å². The van der Waals surface area contributed by atoms with Crippen molar-refractivity contribution < 1.29 is 18.9 Å². The third-order valence-corrected chi connectivity index (χ3v) is 4.40. The lowest BCUT2D eigenvalue weighted by molar-refractivity contribution is -0.221. The minimum Gasteiger partial charge on any atom is -0.368 e. The summed E-state index contributed by atoms with van der Waals surface area (Å²) >= 11 is 0. The molecule has 4 nitrogen and oxygen atoms in total. The zero-order chi connectivity index (χ0) is 14.4. The highest BCUT2D eigenvalue weighted by atomic mass is 16.8. The van der Waals surface area contributed by atoms with Crippen LogP contribution in [0.4, 0.5) is 0 Å². The van der Waals surface area contributed by atoms with Gasteiger partial charge in [0.05, 0.1) is 12.7 Å². The average molecular weight is 290 g/mol. The van der Waals surface area contributed by atoms with E-state index >= 15 is 0 Å². The Bertz CT molecular complexity index is 497. The quantitative estimate of drug-likeness (QED) is 0.854. The molecule has 114 valence electrons. The molecular weight excluding hydrogens is 268 g/mol. The van der Waals surface area contributed by atoms with Crippen LogP contribution < -0.4 is 0 Å². The van der Waals surface area contributed by atoms with Crippen LogP contribution in [0.5, 0.6) is 0 Å². The smallest absolute Gasteiger partial charge is 0.190 e. The molecule has 0 amide bonds. The van der Waals surface area contributed by atoms with Gasteiger partial charge in [-0.05, 0) is 38.2 Å². The Morgan fingerprint density at radius 2 is 1.86 bits per heavy atom. The summed E-state index contributed by atoms with van der Waals surface area (Å²) in [5.74, 6) is 0.0183. The normalized spacial score (nSPS) is 37.6. The van der Waals surface area contributed by atoms with E-state index in [0.29, 0.717) is 12.5 Å². The lowest BCUT2D eigenvalue weighted by Gasteiger charge is -2.26. The SMILES string of the molecule is CC1(C)O[C@H]2O[C@@H](C3CC3)[C@@H](OCc3ccccc3)[C@H]2O1. The molecule has 2 saturated heterocycles. The first-order valence-electron chi connectivity index (χ1n) is 7.79. The van der Waals surface area contributed by atoms with Crippen molar-refractivity contribution in [3.63, 3.8) is 0 Å². The van der Waals surface area contributed by atoms with Crippen molar-refractivity contribution in [3.05, 3.63) is 35.9 Å². The lowest BCUT2D eigenvalue weighted by atomic mass is 10.1. The van der Waals surface area contributed by atoms with Gasteiger partial charge in [-0.25, -0.2) is 0 Å². The van der Waals surface area contributed by atoms with E-state index in [1.54, 1.807) is 0 Å². The first kappa shape index (κ1) is 13.7. The number of hydrogen-bond acceptors (Lipinski definition) is 4. The monoisotopic (exact) mass is 290 g/mol. The van der Waals surface area contributed by atoms with Crippen molar-refractivity contribution in [3.8, 4) is 0 Å². The second-order valence-corrected chi connectivity index (χ2v) is 6.67. The first-order chi connectivity index (χ1) is 10.1. The maximum absolute atomic E-state index is 6.18. The van der Waals surface area contributed by atoms with Crippen LogP contribution in [-0.4, -0.2) is 30.4 Å². The van der Waals surface area contributed by atoms with E-state index < -0.39 is 5.79 Å². The van der Waals surface area contributed by atoms with Crippen LogP contribution in [-0.2, 0) is 25.6 Å². The van der Waals surface area contributed by atoms with Gasteiger partial charge in [0.1, 0.15) is 12.2 Å². The van der Waals surface area contributed by atoms with Crippen molar-refractivity contribution in [2.45, 2.75) is 63.7 Å². The molecular formula is C17H22O4. The van der Waals surface area contributed by atoms with E-state index in [0.717, 1.165) is 0 Å². The summed E-state index contributed by atoms with van der Waals surface area (Å²) in [6, 6.07) is 10.2. The molecule has 4 atom stereocenters. The summed E-state index contributed by atoms with van der Waals surface area (Å²) in [5.41, 5.74) is 1.17. The Morgan fingerprint density at radius 1 is 1.10 bits per heavy atom. The van der Waals surface area contributed by atoms with Crippen LogP contribution in [0, 0.1) is 5.92 Å². The summed E-state index contributed by atoms with van der Waals surface area (Å²) in [4.78, 5) is 0. The maximum atomic E-state index is 6.18. The predicted molar refractivity (Wildman–Crippen MR) is 76.4 cm³/mol. The molecule has 0 aromatic heterocycles. The second-order valence-electron chi connectivity index (χ2n) is 6.67. The van der Waals surface area contributed by atoms with Gasteiger partial charge in [0, 0.05) is 0 Å². The van der Waals surface area contributed by atoms with Crippen LogP contribution >= 0.6 is 0 Å². The summed E-state index contributed by atoms with van der Waals surface area (Å²) < 4.78 is 24.1. The van der Waals surface area contributed by atoms with Crippen LogP contribution in [0.3, 0.4) is 0 Å². The molecule has 2 heterocycles. The van der Waals surface area contributed by atoms with Crippen molar-refractivity contribution >= 4 is 0 Å². The van der Waals surface area contributed by atoms with Crippen molar-refractivity contribution in [1.29, 1.82) is 0 Å². The Labute approximate surface area is 125 Å². The summed E-state index contributed by atoms with van der Waals surface area (Å²) in [7, 11) is 0. The van der Waals surface area contributed by atoms with Crippen molar-refractivity contribution in [2.24, 2.45) is 5.92 Å². The molecule has 1 aliphatic carbocycles. The number of hydrogen-bond donors (Lipinski definition) is 0. The average Bonchev–Trinajstić information content (AvgIpc) is 3.18. The fraction of sp³-hybridized carbons (Fsp3) is 0.647. The molecule has 0 N–H and O–H groups in total. The van der Waals surface area contributed by atoms with Crippen molar-refractivity contribution in [2.75, 3.05) is 0 Å². The van der Waals surface area contributed by atoms with Gasteiger partial charge >= 0.3 is 0 Å². The summed E-state index contributed by atoms with van der Waals surface area (Å²) in [6.07, 6.45) is 2.11. The molecule has 3 fully saturated rings. The van der Waals surface area contributed by atoms with Gasteiger partial charge in [-0.1, -0.05) is 30.3 Å². The molecule has 1 aromatic rings. The van der Waals surface area contributed by atoms with E-state index in [-0.39, 0.29) is 24.6 Å². The zero-order valence-corrected chi connectivity index (χ0v) is 12.5. The van der Waals surface area contributed by atoms with Crippen LogP contribution in [0.1, 0.15) is 32.3 Å². The molecule has 2 aliphatic heterocycles. The highest BCUT2D eigenvalue weighted by molar-refractivity contribution is 5.13. The maximum Gasteiger partial charge on any atom is 0.190 e. The van der Waals surface area contributed by atoms with Gasteiger partial charge in [0.15, 0.2) is 12.1 Å². The number of ether oxygens (including phenoxy) is 4. The van der Waals surface area contributed by atoms with E-state index in [2.05, 4.69) is 12.1 Å². The summed E-state index contributed by atoms with van der Waals surface area (Å²) in [6.45, 7) is 4.44. The van der Waals surface area contributed by atoms with Gasteiger partial charge in [-0.2, -0.15) is 0 Å². The molecule has 1 aromatic carbocycles. The van der Waals surface area contributed by atoms with Gasteiger partial charge in [0.25, 0.3) is 0 Å². The number of benzene rings is 1. The fourth-order valence-corrected chi connectivity index (χ4v) is 3.26. The molecule has 0 unspecified atom stereocenters. The Hall–Kier alpha value is -0.940. The van der Waals surface area contributed by atoms with Crippen LogP contribution in [0.25, 0.3) is 0 Å². The van der Waals surface area contributed by atoms with E-state index in [1.807, 2.05) is 32.0 Å². The topological polar surface area (TPSA) is 36.9 Å². The third kappa shape index (κ3) is 2.73. The Kier molecular flexibility index (Phi) is 3.30. The van der Waals surface area contributed by atoms with E-state index in [4.69, 9.17) is 18.9 Å². The minimum absolute atomic E-state index is 0.0375. The molecule has 0 bridgehead atoms. The van der Waals surface area contributed by atoms with E-state index in [1.165, 1.54) is 18.4 Å². The molecule has 0 spiro atoms. The zero-order valence-electron chi connectivity index (χ0n) is 12.5. The highest BCUT2D eigenvalue weighted by Gasteiger charge is 2.58. The predicted octanol–water partition coefficient (Wildman–Crippen LogP) is 2.86. The Balaban J connectivity index is 1.47. The van der Waals surface area contributed by atoms with Gasteiger partial charge < -0.3 is 18.9 Å². The standard InChI is InChI=1S/C17H22O4/c1-17(2)20-15-14(18-10-11-6-4-3-5-7-11)13(12-8-9-12)19-16(15)21-17/h3-7,12-16H,8-10H2,1-2H3/t13-,14+,15+,16+/m0/s1. The molecule has 1 saturated carbocycles. The largest absolute Gasteiger partial charge is 0.368 e. The number of rotatable bonds is 4. The van der Waals surface area contributed by atoms with E-state index in [9.17, 15) is 0 Å². The molecule has 3 aliphatic rings. The number of fused-ring (bicyclic) bond motifs is 1. The third-order valence-electron chi connectivity index (χ3n) is 4.40.